The van der Waals surface area contributed by atoms with Gasteiger partial charge in [0.05, 0.1) is 17.8 Å². The zero-order chi connectivity index (χ0) is 14.9. The van der Waals surface area contributed by atoms with Gasteiger partial charge in [0.1, 0.15) is 11.4 Å². The zero-order valence-electron chi connectivity index (χ0n) is 11.4. The predicted octanol–water partition coefficient (Wildman–Crippen LogP) is 3.56. The quantitative estimate of drug-likeness (QED) is 0.904. The lowest BCUT2D eigenvalue weighted by molar-refractivity contribution is 0.0690. The number of benzene rings is 1. The van der Waals surface area contributed by atoms with E-state index in [4.69, 9.17) is 21.4 Å². The Bertz CT molecular complexity index is 650. The van der Waals surface area contributed by atoms with Gasteiger partial charge in [-0.1, -0.05) is 25.4 Å². The Morgan fingerprint density at radius 3 is 2.60 bits per heavy atom. The van der Waals surface area contributed by atoms with E-state index in [1.165, 1.54) is 6.07 Å². The van der Waals surface area contributed by atoms with Crippen molar-refractivity contribution in [1.82, 2.24) is 10.2 Å². The number of ether oxygens (including phenoxy) is 1. The SMILES string of the molecule is COc1cc(C(C)C)c(-c2cc(C(=O)O)[nH]n2)cc1Cl. The minimum absolute atomic E-state index is 0.0432. The van der Waals surface area contributed by atoms with E-state index in [-0.39, 0.29) is 11.6 Å². The van der Waals surface area contributed by atoms with E-state index in [1.807, 2.05) is 19.9 Å². The molecule has 0 saturated heterocycles. The van der Waals surface area contributed by atoms with Crippen LogP contribution in [-0.2, 0) is 0 Å². The molecule has 0 atom stereocenters. The molecule has 2 rings (SSSR count). The number of aromatic nitrogens is 2. The standard InChI is InChI=1S/C14H15ClN2O3/c1-7(2)8-5-13(20-3)10(15)4-9(8)11-6-12(14(18)19)17-16-11/h4-7H,1-3H3,(H,16,17)(H,18,19). The highest BCUT2D eigenvalue weighted by atomic mass is 35.5. The van der Waals surface area contributed by atoms with Crippen molar-refractivity contribution in [2.75, 3.05) is 7.11 Å². The summed E-state index contributed by atoms with van der Waals surface area (Å²) in [6, 6.07) is 5.10. The predicted molar refractivity (Wildman–Crippen MR) is 76.6 cm³/mol. The van der Waals surface area contributed by atoms with Crippen LogP contribution < -0.4 is 4.74 Å². The Morgan fingerprint density at radius 2 is 2.10 bits per heavy atom. The van der Waals surface area contributed by atoms with Gasteiger partial charge in [-0.2, -0.15) is 5.10 Å². The van der Waals surface area contributed by atoms with Crippen molar-refractivity contribution >= 4 is 17.6 Å². The van der Waals surface area contributed by atoms with E-state index in [0.29, 0.717) is 16.5 Å². The summed E-state index contributed by atoms with van der Waals surface area (Å²) in [6.45, 7) is 4.08. The molecule has 2 aromatic rings. The molecule has 0 spiro atoms. The van der Waals surface area contributed by atoms with Crippen LogP contribution in [0.2, 0.25) is 5.02 Å². The Balaban J connectivity index is 2.59. The van der Waals surface area contributed by atoms with Crippen LogP contribution in [0.4, 0.5) is 0 Å². The van der Waals surface area contributed by atoms with Crippen LogP contribution in [0.5, 0.6) is 5.75 Å². The van der Waals surface area contributed by atoms with Gasteiger partial charge in [0.15, 0.2) is 0 Å². The van der Waals surface area contributed by atoms with Gasteiger partial charge in [-0.25, -0.2) is 4.79 Å². The summed E-state index contributed by atoms with van der Waals surface area (Å²) in [5.74, 6) is -0.233. The van der Waals surface area contributed by atoms with Crippen molar-refractivity contribution in [2.24, 2.45) is 0 Å². The second-order valence-electron chi connectivity index (χ2n) is 4.70. The van der Waals surface area contributed by atoms with E-state index in [0.717, 1.165) is 11.1 Å². The fraction of sp³-hybridized carbons (Fsp3) is 0.286. The van der Waals surface area contributed by atoms with E-state index >= 15 is 0 Å². The molecule has 0 unspecified atom stereocenters. The maximum atomic E-state index is 10.9. The van der Waals surface area contributed by atoms with Crippen LogP contribution in [-0.4, -0.2) is 28.4 Å². The monoisotopic (exact) mass is 294 g/mol. The van der Waals surface area contributed by atoms with E-state index in [2.05, 4.69) is 10.2 Å². The number of carboxylic acid groups (broad SMARTS) is 1. The molecule has 1 heterocycles. The molecule has 0 fully saturated rings. The zero-order valence-corrected chi connectivity index (χ0v) is 12.2. The molecule has 1 aromatic heterocycles. The molecule has 0 saturated carbocycles. The lowest BCUT2D eigenvalue weighted by Crippen LogP contribution is -1.96. The van der Waals surface area contributed by atoms with E-state index in [1.54, 1.807) is 13.2 Å². The molecule has 5 nitrogen and oxygen atoms in total. The minimum Gasteiger partial charge on any atom is -0.495 e. The maximum absolute atomic E-state index is 10.9. The second kappa shape index (κ2) is 5.54. The summed E-state index contributed by atoms with van der Waals surface area (Å²) in [4.78, 5) is 10.9. The summed E-state index contributed by atoms with van der Waals surface area (Å²) in [5.41, 5.74) is 2.39. The highest BCUT2D eigenvalue weighted by molar-refractivity contribution is 6.32. The lowest BCUT2D eigenvalue weighted by atomic mass is 9.95. The molecule has 0 aliphatic heterocycles. The number of H-pyrrole nitrogens is 1. The third-order valence-corrected chi connectivity index (χ3v) is 3.33. The molecule has 0 aliphatic carbocycles. The second-order valence-corrected chi connectivity index (χ2v) is 5.11. The summed E-state index contributed by atoms with van der Waals surface area (Å²) in [5, 5.41) is 15.9. The number of carbonyl (C=O) groups is 1. The molecule has 106 valence electrons. The van der Waals surface area contributed by atoms with Crippen molar-refractivity contribution in [2.45, 2.75) is 19.8 Å². The summed E-state index contributed by atoms with van der Waals surface area (Å²) in [7, 11) is 1.56. The van der Waals surface area contributed by atoms with Crippen molar-refractivity contribution < 1.29 is 14.6 Å². The van der Waals surface area contributed by atoms with Crippen LogP contribution in [0.1, 0.15) is 35.8 Å². The van der Waals surface area contributed by atoms with Crippen molar-refractivity contribution in [1.29, 1.82) is 0 Å². The smallest absolute Gasteiger partial charge is 0.353 e. The summed E-state index contributed by atoms with van der Waals surface area (Å²) >= 11 is 6.15. The van der Waals surface area contributed by atoms with Gasteiger partial charge in [-0.05, 0) is 29.7 Å². The molecule has 0 amide bonds. The van der Waals surface area contributed by atoms with Gasteiger partial charge >= 0.3 is 5.97 Å². The van der Waals surface area contributed by atoms with Crippen molar-refractivity contribution in [3.63, 3.8) is 0 Å². The van der Waals surface area contributed by atoms with Crippen LogP contribution in [0.25, 0.3) is 11.3 Å². The van der Waals surface area contributed by atoms with Gasteiger partial charge in [0, 0.05) is 5.56 Å². The Morgan fingerprint density at radius 1 is 1.40 bits per heavy atom. The Labute approximate surface area is 121 Å². The van der Waals surface area contributed by atoms with E-state index < -0.39 is 5.97 Å². The van der Waals surface area contributed by atoms with Gasteiger partial charge in [-0.3, -0.25) is 5.10 Å². The number of rotatable bonds is 4. The largest absolute Gasteiger partial charge is 0.495 e. The van der Waals surface area contributed by atoms with Gasteiger partial charge in [0.25, 0.3) is 0 Å². The number of aromatic amines is 1. The fourth-order valence-corrected chi connectivity index (χ4v) is 2.24. The molecule has 0 radical (unpaired) electrons. The lowest BCUT2D eigenvalue weighted by Gasteiger charge is -2.14. The topological polar surface area (TPSA) is 75.2 Å². The van der Waals surface area contributed by atoms with Crippen LogP contribution >= 0.6 is 11.6 Å². The number of nitrogens with zero attached hydrogens (tertiary/aromatic N) is 1. The molecular weight excluding hydrogens is 280 g/mol. The minimum atomic E-state index is -1.05. The first-order chi connectivity index (χ1) is 9.43. The van der Waals surface area contributed by atoms with Crippen LogP contribution in [0.15, 0.2) is 18.2 Å². The molecule has 1 aromatic carbocycles. The van der Waals surface area contributed by atoms with Crippen molar-refractivity contribution in [3.8, 4) is 17.0 Å². The van der Waals surface area contributed by atoms with Gasteiger partial charge < -0.3 is 9.84 Å². The number of methoxy groups -OCH3 is 1. The molecule has 2 N–H and O–H groups in total. The number of aromatic carboxylic acids is 1. The first-order valence-electron chi connectivity index (χ1n) is 6.10. The summed E-state index contributed by atoms with van der Waals surface area (Å²) < 4.78 is 5.22. The first-order valence-corrected chi connectivity index (χ1v) is 6.48. The first kappa shape index (κ1) is 14.4. The maximum Gasteiger partial charge on any atom is 0.353 e. The number of halogens is 1. The third kappa shape index (κ3) is 2.63. The van der Waals surface area contributed by atoms with E-state index in [9.17, 15) is 4.79 Å². The van der Waals surface area contributed by atoms with Gasteiger partial charge in [-0.15, -0.1) is 0 Å². The highest BCUT2D eigenvalue weighted by Crippen LogP contribution is 2.36. The average Bonchev–Trinajstić information content (AvgIpc) is 2.87. The molecule has 20 heavy (non-hydrogen) atoms. The molecular formula is C14H15ClN2O3. The fourth-order valence-electron chi connectivity index (χ4n) is 1.99. The number of carboxylic acids is 1. The average molecular weight is 295 g/mol. The number of hydrogen-bond donors (Lipinski definition) is 2. The normalized spacial score (nSPS) is 10.8. The van der Waals surface area contributed by atoms with Crippen molar-refractivity contribution in [3.05, 3.63) is 34.5 Å². The highest BCUT2D eigenvalue weighted by Gasteiger charge is 2.17. The number of nitrogens with one attached hydrogen (secondary N) is 1. The van der Waals surface area contributed by atoms with Crippen LogP contribution in [0.3, 0.4) is 0 Å². The third-order valence-electron chi connectivity index (χ3n) is 3.03. The van der Waals surface area contributed by atoms with Gasteiger partial charge in [0.2, 0.25) is 0 Å². The summed E-state index contributed by atoms with van der Waals surface area (Å²) in [6.07, 6.45) is 0. The Hall–Kier alpha value is -2.01. The Kier molecular flexibility index (Phi) is 3.99. The molecule has 0 aliphatic rings. The van der Waals surface area contributed by atoms with Crippen LogP contribution in [0, 0.1) is 0 Å². The number of hydrogen-bond acceptors (Lipinski definition) is 3. The molecule has 0 bridgehead atoms. The molecule has 6 heteroatoms.